The van der Waals surface area contributed by atoms with Crippen molar-refractivity contribution in [2.75, 3.05) is 12.4 Å². The Hall–Kier alpha value is -3.86. The number of hydrogen-bond acceptors (Lipinski definition) is 5. The van der Waals surface area contributed by atoms with E-state index in [2.05, 4.69) is 10.3 Å². The number of nitrogens with one attached hydrogen (secondary N) is 1. The summed E-state index contributed by atoms with van der Waals surface area (Å²) in [6.45, 7) is 0. The van der Waals surface area contributed by atoms with Crippen molar-refractivity contribution in [2.45, 2.75) is 0 Å². The van der Waals surface area contributed by atoms with Gasteiger partial charge in [0.15, 0.2) is 5.58 Å². The molecule has 0 aliphatic heterocycles. The summed E-state index contributed by atoms with van der Waals surface area (Å²) >= 11 is 0. The second-order valence-electron chi connectivity index (χ2n) is 6.49. The molecule has 28 heavy (non-hydrogen) atoms. The molecule has 0 saturated carbocycles. The number of pyridine rings is 1. The monoisotopic (exact) mass is 368 g/mol. The van der Waals surface area contributed by atoms with Crippen LogP contribution in [0.3, 0.4) is 0 Å². The molecule has 0 aliphatic rings. The largest absolute Gasteiger partial charge is 0.465 e. The lowest BCUT2D eigenvalue weighted by molar-refractivity contribution is 0.0602. The maximum Gasteiger partial charge on any atom is 0.339 e. The van der Waals surface area contributed by atoms with Gasteiger partial charge in [0.1, 0.15) is 5.58 Å². The number of nitrogens with zero attached hydrogens (tertiary/aromatic N) is 1. The van der Waals surface area contributed by atoms with E-state index >= 15 is 0 Å². The highest BCUT2D eigenvalue weighted by Gasteiger charge is 2.17. The van der Waals surface area contributed by atoms with Crippen LogP contribution in [0.2, 0.25) is 0 Å². The number of para-hydroxylation sites is 2. The van der Waals surface area contributed by atoms with Crippen molar-refractivity contribution < 1.29 is 13.9 Å². The van der Waals surface area contributed by atoms with Crippen LogP contribution in [0.5, 0.6) is 0 Å². The van der Waals surface area contributed by atoms with E-state index in [0.717, 1.165) is 38.4 Å². The average Bonchev–Trinajstić information content (AvgIpc) is 3.14. The Balaban J connectivity index is 1.80. The van der Waals surface area contributed by atoms with Gasteiger partial charge in [0, 0.05) is 28.6 Å². The van der Waals surface area contributed by atoms with Crippen molar-refractivity contribution in [3.8, 4) is 0 Å². The zero-order valence-electron chi connectivity index (χ0n) is 15.1. The number of anilines is 2. The Bertz CT molecular complexity index is 1350. The number of rotatable bonds is 3. The Morgan fingerprint density at radius 1 is 1.00 bits per heavy atom. The predicted molar refractivity (Wildman–Crippen MR) is 110 cm³/mol. The Morgan fingerprint density at radius 3 is 2.71 bits per heavy atom. The molecule has 0 amide bonds. The molecule has 5 heteroatoms. The first-order chi connectivity index (χ1) is 13.8. The van der Waals surface area contributed by atoms with Gasteiger partial charge in [-0.15, -0.1) is 0 Å². The van der Waals surface area contributed by atoms with E-state index in [9.17, 15) is 4.79 Å². The van der Waals surface area contributed by atoms with E-state index in [1.54, 1.807) is 18.3 Å². The van der Waals surface area contributed by atoms with Crippen molar-refractivity contribution in [3.05, 3.63) is 78.6 Å². The third-order valence-corrected chi connectivity index (χ3v) is 4.87. The molecule has 0 radical (unpaired) electrons. The number of esters is 1. The summed E-state index contributed by atoms with van der Waals surface area (Å²) in [4.78, 5) is 16.4. The van der Waals surface area contributed by atoms with Crippen molar-refractivity contribution in [1.29, 1.82) is 0 Å². The first-order valence-corrected chi connectivity index (χ1v) is 8.88. The Morgan fingerprint density at radius 2 is 1.82 bits per heavy atom. The molecule has 2 heterocycles. The third kappa shape index (κ3) is 2.48. The molecular formula is C23H16N2O3. The second kappa shape index (κ2) is 6.39. The summed E-state index contributed by atoms with van der Waals surface area (Å²) in [5, 5.41) is 7.45. The zero-order valence-corrected chi connectivity index (χ0v) is 15.1. The van der Waals surface area contributed by atoms with Gasteiger partial charge in [-0.1, -0.05) is 30.3 Å². The summed E-state index contributed by atoms with van der Waals surface area (Å²) in [5.41, 5.74) is 3.43. The number of carbonyl (C=O) groups excluding carboxylic acids is 1. The summed E-state index contributed by atoms with van der Waals surface area (Å²) in [6.07, 6.45) is 3.62. The maximum atomic E-state index is 12.1. The van der Waals surface area contributed by atoms with Gasteiger partial charge in [-0.2, -0.15) is 0 Å². The fourth-order valence-electron chi connectivity index (χ4n) is 3.58. The van der Waals surface area contributed by atoms with Crippen molar-refractivity contribution in [2.24, 2.45) is 0 Å². The molecule has 3 aromatic carbocycles. The molecule has 5 nitrogen and oxygen atoms in total. The lowest BCUT2D eigenvalue weighted by Gasteiger charge is -2.12. The standard InChI is InChI=1S/C23H16N2O3/c1-27-23(26)15-6-2-4-8-18(15)25-19-12-14-10-11-24-13-17(14)21-16-7-3-5-9-20(16)28-22(19)21/h2-13,25H,1H3. The van der Waals surface area contributed by atoms with Crippen LogP contribution in [0, 0.1) is 0 Å². The first-order valence-electron chi connectivity index (χ1n) is 8.88. The smallest absolute Gasteiger partial charge is 0.339 e. The van der Waals surface area contributed by atoms with Gasteiger partial charge >= 0.3 is 5.97 Å². The van der Waals surface area contributed by atoms with E-state index in [0.29, 0.717) is 11.3 Å². The van der Waals surface area contributed by atoms with Gasteiger partial charge in [0.05, 0.1) is 24.0 Å². The van der Waals surface area contributed by atoms with Gasteiger partial charge < -0.3 is 14.5 Å². The van der Waals surface area contributed by atoms with Crippen LogP contribution in [0.4, 0.5) is 11.4 Å². The molecule has 0 atom stereocenters. The number of carbonyl (C=O) groups is 1. The first kappa shape index (κ1) is 16.3. The molecule has 1 N–H and O–H groups in total. The SMILES string of the molecule is COC(=O)c1ccccc1Nc1cc2ccncc2c2c1oc1ccccc12. The van der Waals surface area contributed by atoms with Crippen LogP contribution >= 0.6 is 0 Å². The van der Waals surface area contributed by atoms with E-state index in [-0.39, 0.29) is 0 Å². The quantitative estimate of drug-likeness (QED) is 0.416. The van der Waals surface area contributed by atoms with E-state index in [1.165, 1.54) is 7.11 Å². The number of methoxy groups -OCH3 is 1. The number of hydrogen-bond donors (Lipinski definition) is 1. The van der Waals surface area contributed by atoms with Gasteiger partial charge in [-0.25, -0.2) is 4.79 Å². The van der Waals surface area contributed by atoms with Crippen LogP contribution in [0.1, 0.15) is 10.4 Å². The lowest BCUT2D eigenvalue weighted by Crippen LogP contribution is -2.05. The summed E-state index contributed by atoms with van der Waals surface area (Å²) in [5.74, 6) is -0.395. The van der Waals surface area contributed by atoms with Crippen molar-refractivity contribution in [3.63, 3.8) is 0 Å². The number of benzene rings is 3. The topological polar surface area (TPSA) is 64.4 Å². The van der Waals surface area contributed by atoms with Gasteiger partial charge in [0.2, 0.25) is 0 Å². The molecule has 2 aromatic heterocycles. The molecule has 0 spiro atoms. The molecule has 136 valence electrons. The molecule has 0 aliphatic carbocycles. The number of fused-ring (bicyclic) bond motifs is 5. The Labute approximate surface area is 160 Å². The zero-order chi connectivity index (χ0) is 19.1. The third-order valence-electron chi connectivity index (χ3n) is 4.87. The second-order valence-corrected chi connectivity index (χ2v) is 6.49. The summed E-state index contributed by atoms with van der Waals surface area (Å²) < 4.78 is 11.1. The molecule has 0 fully saturated rings. The predicted octanol–water partition coefficient (Wildman–Crippen LogP) is 5.66. The van der Waals surface area contributed by atoms with Crippen LogP contribution < -0.4 is 5.32 Å². The fourth-order valence-corrected chi connectivity index (χ4v) is 3.58. The van der Waals surface area contributed by atoms with Crippen molar-refractivity contribution in [1.82, 2.24) is 4.98 Å². The van der Waals surface area contributed by atoms with Crippen LogP contribution in [-0.4, -0.2) is 18.1 Å². The van der Waals surface area contributed by atoms with Gasteiger partial charge in [-0.05, 0) is 35.7 Å². The molecule has 5 rings (SSSR count). The van der Waals surface area contributed by atoms with E-state index in [1.807, 2.05) is 54.7 Å². The highest BCUT2D eigenvalue weighted by atomic mass is 16.5. The number of ether oxygens (including phenoxy) is 1. The van der Waals surface area contributed by atoms with Gasteiger partial charge in [-0.3, -0.25) is 4.98 Å². The average molecular weight is 368 g/mol. The van der Waals surface area contributed by atoms with E-state index < -0.39 is 5.97 Å². The molecular weight excluding hydrogens is 352 g/mol. The molecule has 0 bridgehead atoms. The fraction of sp³-hybridized carbons (Fsp3) is 0.0435. The number of furan rings is 1. The number of aromatic nitrogens is 1. The van der Waals surface area contributed by atoms with Crippen LogP contribution in [0.25, 0.3) is 32.7 Å². The minimum Gasteiger partial charge on any atom is -0.465 e. The highest BCUT2D eigenvalue weighted by molar-refractivity contribution is 6.22. The summed E-state index contributed by atoms with van der Waals surface area (Å²) in [6, 6.07) is 19.2. The van der Waals surface area contributed by atoms with Crippen LogP contribution in [-0.2, 0) is 4.74 Å². The minimum absolute atomic E-state index is 0.395. The van der Waals surface area contributed by atoms with Crippen LogP contribution in [0.15, 0.2) is 77.5 Å². The Kier molecular flexibility index (Phi) is 3.72. The summed E-state index contributed by atoms with van der Waals surface area (Å²) in [7, 11) is 1.37. The molecule has 5 aromatic rings. The minimum atomic E-state index is -0.395. The molecule has 0 unspecified atom stereocenters. The maximum absolute atomic E-state index is 12.1. The van der Waals surface area contributed by atoms with E-state index in [4.69, 9.17) is 9.15 Å². The normalized spacial score (nSPS) is 11.2. The lowest BCUT2D eigenvalue weighted by atomic mass is 10.0. The van der Waals surface area contributed by atoms with Crippen molar-refractivity contribution >= 4 is 50.1 Å². The molecule has 0 saturated heterocycles. The van der Waals surface area contributed by atoms with Gasteiger partial charge in [0.25, 0.3) is 0 Å². The highest BCUT2D eigenvalue weighted by Crippen LogP contribution is 2.40.